The second kappa shape index (κ2) is 44.4. The summed E-state index contributed by atoms with van der Waals surface area (Å²) in [6.45, 7) is 20.6. The Morgan fingerprint density at radius 3 is 1.04 bits per heavy atom. The zero-order valence-corrected chi connectivity index (χ0v) is 52.3. The molecular formula is C61H105ClN8O9. The lowest BCUT2D eigenvalue weighted by Crippen LogP contribution is -2.35. The van der Waals surface area contributed by atoms with E-state index in [-0.39, 0.29) is 24.6 Å². The fourth-order valence-electron chi connectivity index (χ4n) is 6.88. The molecule has 0 radical (unpaired) electrons. The van der Waals surface area contributed by atoms with Crippen molar-refractivity contribution in [2.75, 3.05) is 176 Å². The summed E-state index contributed by atoms with van der Waals surface area (Å²) in [6.07, 6.45) is 2.96. The lowest BCUT2D eigenvalue weighted by Gasteiger charge is -2.24. The van der Waals surface area contributed by atoms with Crippen LogP contribution in [-0.2, 0) is 54.1 Å². The van der Waals surface area contributed by atoms with E-state index < -0.39 is 11.2 Å². The molecule has 0 aromatic heterocycles. The molecule has 2 amide bonds. The number of anilines is 4. The van der Waals surface area contributed by atoms with Gasteiger partial charge in [-0.25, -0.2) is 9.59 Å². The summed E-state index contributed by atoms with van der Waals surface area (Å²) in [6, 6.07) is 33.9. The number of hydrogen-bond donors (Lipinski definition) is 4. The van der Waals surface area contributed by atoms with E-state index in [2.05, 4.69) is 141 Å². The third-order valence-corrected chi connectivity index (χ3v) is 11.7. The van der Waals surface area contributed by atoms with E-state index in [4.69, 9.17) is 39.3 Å². The van der Waals surface area contributed by atoms with Crippen molar-refractivity contribution in [1.82, 2.24) is 15.5 Å². The van der Waals surface area contributed by atoms with E-state index in [0.29, 0.717) is 32.8 Å². The smallest absolute Gasteiger partial charge is 0.410 e. The molecule has 4 aromatic carbocycles. The number of rotatable bonds is 27. The van der Waals surface area contributed by atoms with Crippen LogP contribution in [0.3, 0.4) is 0 Å². The van der Waals surface area contributed by atoms with Gasteiger partial charge in [0.25, 0.3) is 0 Å². The molecule has 17 nitrogen and oxygen atoms in total. The third-order valence-electron chi connectivity index (χ3n) is 11.7. The van der Waals surface area contributed by atoms with Crippen molar-refractivity contribution in [3.8, 4) is 0 Å². The van der Waals surface area contributed by atoms with Crippen molar-refractivity contribution < 1.29 is 43.1 Å². The van der Waals surface area contributed by atoms with Crippen LogP contribution < -0.4 is 36.0 Å². The largest absolute Gasteiger partial charge is 0.444 e. The van der Waals surface area contributed by atoms with Crippen molar-refractivity contribution >= 4 is 47.3 Å². The predicted molar refractivity (Wildman–Crippen MR) is 333 cm³/mol. The van der Waals surface area contributed by atoms with Crippen LogP contribution in [0.5, 0.6) is 0 Å². The topological polar surface area (TPSA) is 176 Å². The first-order valence-electron chi connectivity index (χ1n) is 27.0. The maximum atomic E-state index is 11.9. The van der Waals surface area contributed by atoms with Gasteiger partial charge in [0.1, 0.15) is 11.2 Å². The Kier molecular flexibility index (Phi) is 42.5. The Bertz CT molecular complexity index is 2090. The first-order valence-corrected chi connectivity index (χ1v) is 27.0. The van der Waals surface area contributed by atoms with Crippen LogP contribution in [-0.4, -0.2) is 190 Å². The molecule has 5 N–H and O–H groups in total. The number of nitrogens with zero attached hydrogens (tertiary/aromatic N) is 5. The molecule has 0 fully saturated rings. The van der Waals surface area contributed by atoms with Crippen LogP contribution in [0, 0.1) is 0 Å². The monoisotopic (exact) mass is 1130 g/mol. The normalized spacial score (nSPS) is 10.5. The second-order valence-corrected chi connectivity index (χ2v) is 20.5. The summed E-state index contributed by atoms with van der Waals surface area (Å²) >= 11 is 0. The molecule has 0 atom stereocenters. The number of carbonyl (C=O) groups excluding carboxylic acids is 2. The van der Waals surface area contributed by atoms with Crippen molar-refractivity contribution in [3.05, 3.63) is 119 Å². The van der Waals surface area contributed by atoms with Gasteiger partial charge in [-0.15, -0.1) is 12.4 Å². The van der Waals surface area contributed by atoms with Crippen LogP contribution in [0.15, 0.2) is 97.1 Å². The van der Waals surface area contributed by atoms with Gasteiger partial charge in [-0.2, -0.15) is 0 Å². The summed E-state index contributed by atoms with van der Waals surface area (Å²) in [7, 11) is 19.8. The highest BCUT2D eigenvalue weighted by atomic mass is 35.5. The van der Waals surface area contributed by atoms with E-state index >= 15 is 0 Å². The Morgan fingerprint density at radius 1 is 0.468 bits per heavy atom. The average Bonchev–Trinajstić information content (AvgIpc) is 3.42. The number of hydrogen-bond acceptors (Lipinski definition) is 15. The van der Waals surface area contributed by atoms with Crippen molar-refractivity contribution in [2.45, 2.75) is 78.4 Å². The van der Waals surface area contributed by atoms with Gasteiger partial charge in [-0.05, 0) is 158 Å². The number of amides is 2. The third kappa shape index (κ3) is 37.2. The highest BCUT2D eigenvalue weighted by Gasteiger charge is 2.19. The minimum atomic E-state index is -0.460. The molecule has 0 heterocycles. The molecule has 450 valence electrons. The van der Waals surface area contributed by atoms with E-state index in [9.17, 15) is 9.59 Å². The number of likely N-dealkylation sites (N-methyl/N-ethyl adjacent to an activating group) is 6. The first-order chi connectivity index (χ1) is 37.1. The predicted octanol–water partition coefficient (Wildman–Crippen LogP) is 8.85. The summed E-state index contributed by atoms with van der Waals surface area (Å²) in [4.78, 5) is 33.7. The molecule has 4 rings (SSSR count). The van der Waals surface area contributed by atoms with Crippen molar-refractivity contribution in [1.29, 1.82) is 0 Å². The summed E-state index contributed by atoms with van der Waals surface area (Å²) in [5.41, 5.74) is 14.4. The molecule has 0 aliphatic heterocycles. The summed E-state index contributed by atoms with van der Waals surface area (Å²) < 4.78 is 30.8. The number of aliphatic hydroxyl groups excluding tert-OH is 1. The van der Waals surface area contributed by atoms with Gasteiger partial charge >= 0.3 is 12.2 Å². The molecule has 0 aliphatic carbocycles. The maximum absolute atomic E-state index is 11.9. The molecule has 4 aromatic rings. The van der Waals surface area contributed by atoms with Gasteiger partial charge in [0.05, 0.1) is 26.4 Å². The van der Waals surface area contributed by atoms with Gasteiger partial charge in [0.15, 0.2) is 0 Å². The fraction of sp³-hybridized carbons (Fsp3) is 0.574. The fourth-order valence-corrected chi connectivity index (χ4v) is 6.88. The average molecular weight is 1130 g/mol. The highest BCUT2D eigenvalue weighted by Crippen LogP contribution is 2.18. The van der Waals surface area contributed by atoms with Crippen LogP contribution in [0.4, 0.5) is 32.3 Å². The number of benzene rings is 4. The quantitative estimate of drug-likeness (QED) is 0.0445. The van der Waals surface area contributed by atoms with Gasteiger partial charge < -0.3 is 74.4 Å². The minimum absolute atomic E-state index is 0. The highest BCUT2D eigenvalue weighted by molar-refractivity contribution is 5.85. The Balaban J connectivity index is 0. The van der Waals surface area contributed by atoms with E-state index in [1.54, 1.807) is 40.4 Å². The number of carbonyl (C=O) groups is 2. The Morgan fingerprint density at radius 2 is 0.759 bits per heavy atom. The number of aliphatic hydroxyl groups is 1. The molecule has 0 saturated carbocycles. The lowest BCUT2D eigenvalue weighted by atomic mass is 10.1. The molecular weight excluding hydrogens is 1020 g/mol. The van der Waals surface area contributed by atoms with Crippen LogP contribution in [0.2, 0.25) is 0 Å². The number of halogens is 1. The summed E-state index contributed by atoms with van der Waals surface area (Å²) in [5.74, 6) is 0. The first kappa shape index (κ1) is 75.7. The number of alkyl carbamates (subject to hydrolysis) is 1. The molecule has 0 spiro atoms. The van der Waals surface area contributed by atoms with Crippen molar-refractivity contribution in [3.63, 3.8) is 0 Å². The Hall–Kier alpha value is -5.37. The van der Waals surface area contributed by atoms with Gasteiger partial charge in [-0.3, -0.25) is 0 Å². The molecule has 0 saturated heterocycles. The van der Waals surface area contributed by atoms with Gasteiger partial charge in [0, 0.05) is 133 Å². The lowest BCUT2D eigenvalue weighted by molar-refractivity contribution is 0.0300. The molecule has 0 bridgehead atoms. The van der Waals surface area contributed by atoms with E-state index in [0.717, 1.165) is 90.1 Å². The van der Waals surface area contributed by atoms with Crippen LogP contribution >= 0.6 is 12.4 Å². The standard InChI is InChI=1S/C18H30N2O3.C17H28N2O3.C13H22N2O.C12H20N2O.CH4O.ClH/c1-18(2,3)23-17(21)20(5)12-11-15-7-9-16(10-8-15)19(4)13-14-22-6;1-17(2,3)22-16(20)18-11-10-14-6-8-15(9-7-14)19(4)12-13-21-5;1-14-9-8-12-4-6-13(7-5-12)15(2)10-11-16-3;1-14(9-10-15-2)12-5-3-11(4-6-12)7-8-13;1-2;/h7-10H,11-14H2,1-6H3;6-9H,10-13H2,1-5H3,(H,18,20);4-7,14H,8-11H2,1-3H3;3-6H,7-10,13H2,1-2H3;2H,1H3;1H. The number of methoxy groups -OCH3 is 4. The number of nitrogens with one attached hydrogen (secondary N) is 2. The van der Waals surface area contributed by atoms with Gasteiger partial charge in [0.2, 0.25) is 0 Å². The molecule has 0 aliphatic rings. The molecule has 79 heavy (non-hydrogen) atoms. The zero-order valence-electron chi connectivity index (χ0n) is 51.5. The SMILES string of the molecule is CNCCc1ccc(N(C)CCOC)cc1.CO.COCCN(C)c1ccc(CCN(C)C(=O)OC(C)(C)C)cc1.COCCN(C)c1ccc(CCN)cc1.COCCN(C)c1ccc(CCNC(=O)OC(C)(C)C)cc1.Cl. The van der Waals surface area contributed by atoms with Crippen LogP contribution in [0.1, 0.15) is 63.8 Å². The van der Waals surface area contributed by atoms with E-state index in [1.807, 2.05) is 62.7 Å². The van der Waals surface area contributed by atoms with Crippen LogP contribution in [0.25, 0.3) is 0 Å². The van der Waals surface area contributed by atoms with Crippen molar-refractivity contribution in [2.24, 2.45) is 5.73 Å². The number of nitrogens with two attached hydrogens (primary N) is 1. The molecule has 0 unspecified atom stereocenters. The second-order valence-electron chi connectivity index (χ2n) is 20.5. The number of ether oxygens (including phenoxy) is 6. The zero-order chi connectivity index (χ0) is 58.9. The van der Waals surface area contributed by atoms with Gasteiger partial charge in [-0.1, -0.05) is 48.5 Å². The summed E-state index contributed by atoms with van der Waals surface area (Å²) in [5, 5.41) is 12.9. The molecule has 18 heteroatoms. The minimum Gasteiger partial charge on any atom is -0.444 e. The Labute approximate surface area is 483 Å². The maximum Gasteiger partial charge on any atom is 0.410 e. The van der Waals surface area contributed by atoms with E-state index in [1.165, 1.54) is 33.6 Å².